The minimum Gasteiger partial charge on any atom is -0.491 e. The summed E-state index contributed by atoms with van der Waals surface area (Å²) in [7, 11) is 0. The number of nitrogens with two attached hydrogens (primary N) is 1. The fourth-order valence-corrected chi connectivity index (χ4v) is 1.80. The van der Waals surface area contributed by atoms with Crippen LogP contribution in [0.2, 0.25) is 0 Å². The molecule has 0 aliphatic heterocycles. The summed E-state index contributed by atoms with van der Waals surface area (Å²) in [5.41, 5.74) is 7.40. The van der Waals surface area contributed by atoms with E-state index in [1.54, 1.807) is 0 Å². The SMILES string of the molecule is Cc1ccn(CCOc2ccccc2C(N)=S)n1. The molecule has 0 bridgehead atoms. The molecule has 0 fully saturated rings. The van der Waals surface area contributed by atoms with Crippen molar-refractivity contribution in [1.29, 1.82) is 0 Å². The van der Waals surface area contributed by atoms with Crippen LogP contribution in [0.4, 0.5) is 0 Å². The molecular formula is C13H15N3OS. The van der Waals surface area contributed by atoms with E-state index in [0.29, 0.717) is 23.9 Å². The number of hydrogen-bond donors (Lipinski definition) is 1. The zero-order valence-electron chi connectivity index (χ0n) is 10.2. The number of hydrogen-bond acceptors (Lipinski definition) is 3. The molecule has 0 saturated heterocycles. The van der Waals surface area contributed by atoms with E-state index in [1.807, 2.05) is 48.1 Å². The lowest BCUT2D eigenvalue weighted by Crippen LogP contribution is -2.14. The van der Waals surface area contributed by atoms with E-state index in [9.17, 15) is 0 Å². The highest BCUT2D eigenvalue weighted by Gasteiger charge is 2.05. The Bertz CT molecular complexity index is 551. The molecule has 0 aliphatic carbocycles. The molecular weight excluding hydrogens is 246 g/mol. The average molecular weight is 261 g/mol. The van der Waals surface area contributed by atoms with Gasteiger partial charge in [0.05, 0.1) is 17.8 Å². The third-order valence-electron chi connectivity index (χ3n) is 2.50. The number of para-hydroxylation sites is 1. The predicted octanol–water partition coefficient (Wildman–Crippen LogP) is 1.90. The summed E-state index contributed by atoms with van der Waals surface area (Å²) in [6.07, 6.45) is 1.93. The molecule has 0 radical (unpaired) electrons. The minimum atomic E-state index is 0.348. The first kappa shape index (κ1) is 12.6. The van der Waals surface area contributed by atoms with Crippen molar-refractivity contribution in [1.82, 2.24) is 9.78 Å². The van der Waals surface area contributed by atoms with E-state index in [4.69, 9.17) is 22.7 Å². The molecule has 2 rings (SSSR count). The van der Waals surface area contributed by atoms with Crippen LogP contribution in [0.5, 0.6) is 5.75 Å². The molecule has 1 heterocycles. The van der Waals surface area contributed by atoms with Crippen LogP contribution >= 0.6 is 12.2 Å². The van der Waals surface area contributed by atoms with E-state index in [2.05, 4.69) is 5.10 Å². The van der Waals surface area contributed by atoms with Gasteiger partial charge in [-0.2, -0.15) is 5.10 Å². The molecule has 0 spiro atoms. The Labute approximate surface area is 111 Å². The first-order chi connectivity index (χ1) is 8.66. The highest BCUT2D eigenvalue weighted by atomic mass is 32.1. The molecule has 0 aliphatic rings. The van der Waals surface area contributed by atoms with Gasteiger partial charge in [0.1, 0.15) is 17.3 Å². The standard InChI is InChI=1S/C13H15N3OS/c1-10-6-7-16(15-10)8-9-17-12-5-3-2-4-11(12)13(14)18/h2-7H,8-9H2,1H3,(H2,14,18). The largest absolute Gasteiger partial charge is 0.491 e. The highest BCUT2D eigenvalue weighted by molar-refractivity contribution is 7.80. The smallest absolute Gasteiger partial charge is 0.129 e. The number of rotatable bonds is 5. The summed E-state index contributed by atoms with van der Waals surface area (Å²) in [5.74, 6) is 0.717. The highest BCUT2D eigenvalue weighted by Crippen LogP contribution is 2.17. The van der Waals surface area contributed by atoms with Gasteiger partial charge in [0.2, 0.25) is 0 Å². The lowest BCUT2D eigenvalue weighted by molar-refractivity contribution is 0.290. The molecule has 94 valence electrons. The number of aryl methyl sites for hydroxylation is 1. The zero-order valence-corrected chi connectivity index (χ0v) is 11.0. The van der Waals surface area contributed by atoms with Crippen LogP contribution in [0.25, 0.3) is 0 Å². The van der Waals surface area contributed by atoms with Crippen LogP contribution < -0.4 is 10.5 Å². The van der Waals surface area contributed by atoms with Gasteiger partial charge in [-0.3, -0.25) is 4.68 Å². The second-order valence-corrected chi connectivity index (χ2v) is 4.37. The summed E-state index contributed by atoms with van der Waals surface area (Å²) < 4.78 is 7.53. The molecule has 2 aromatic rings. The number of thiocarbonyl (C=S) groups is 1. The van der Waals surface area contributed by atoms with E-state index >= 15 is 0 Å². The van der Waals surface area contributed by atoms with Crippen molar-refractivity contribution in [2.24, 2.45) is 5.73 Å². The maximum absolute atomic E-state index is 5.68. The summed E-state index contributed by atoms with van der Waals surface area (Å²) in [6.45, 7) is 3.18. The molecule has 4 nitrogen and oxygen atoms in total. The molecule has 5 heteroatoms. The molecule has 2 N–H and O–H groups in total. The molecule has 1 aromatic carbocycles. The van der Waals surface area contributed by atoms with Crippen molar-refractivity contribution in [3.05, 3.63) is 47.8 Å². The van der Waals surface area contributed by atoms with Crippen molar-refractivity contribution >= 4 is 17.2 Å². The van der Waals surface area contributed by atoms with E-state index in [1.165, 1.54) is 0 Å². The van der Waals surface area contributed by atoms with Crippen molar-refractivity contribution < 1.29 is 4.74 Å². The fourth-order valence-electron chi connectivity index (χ4n) is 1.63. The lowest BCUT2D eigenvalue weighted by Gasteiger charge is -2.10. The summed E-state index contributed by atoms with van der Waals surface area (Å²) in [4.78, 5) is 0.348. The van der Waals surface area contributed by atoms with Crippen molar-refractivity contribution in [3.63, 3.8) is 0 Å². The third kappa shape index (κ3) is 3.07. The Balaban J connectivity index is 1.96. The summed E-state index contributed by atoms with van der Waals surface area (Å²) >= 11 is 4.98. The van der Waals surface area contributed by atoms with Gasteiger partial charge in [-0.05, 0) is 25.1 Å². The van der Waals surface area contributed by atoms with E-state index in [-0.39, 0.29) is 0 Å². The van der Waals surface area contributed by atoms with Crippen LogP contribution in [0.15, 0.2) is 36.5 Å². The molecule has 0 saturated carbocycles. The normalized spacial score (nSPS) is 10.3. The second kappa shape index (κ2) is 5.64. The Morgan fingerprint density at radius 3 is 2.83 bits per heavy atom. The van der Waals surface area contributed by atoms with Crippen molar-refractivity contribution in [2.75, 3.05) is 6.61 Å². The Hall–Kier alpha value is -1.88. The Morgan fingerprint density at radius 1 is 1.39 bits per heavy atom. The van der Waals surface area contributed by atoms with Gasteiger partial charge in [0.15, 0.2) is 0 Å². The minimum absolute atomic E-state index is 0.348. The van der Waals surface area contributed by atoms with Gasteiger partial charge in [-0.1, -0.05) is 24.4 Å². The van der Waals surface area contributed by atoms with Gasteiger partial charge in [0, 0.05) is 6.20 Å². The van der Waals surface area contributed by atoms with Gasteiger partial charge in [-0.25, -0.2) is 0 Å². The molecule has 1 aromatic heterocycles. The van der Waals surface area contributed by atoms with Gasteiger partial charge >= 0.3 is 0 Å². The lowest BCUT2D eigenvalue weighted by atomic mass is 10.2. The fraction of sp³-hybridized carbons (Fsp3) is 0.231. The number of aromatic nitrogens is 2. The number of ether oxygens (including phenoxy) is 1. The average Bonchev–Trinajstić information content (AvgIpc) is 2.75. The van der Waals surface area contributed by atoms with Crippen LogP contribution in [-0.2, 0) is 6.54 Å². The third-order valence-corrected chi connectivity index (χ3v) is 2.72. The van der Waals surface area contributed by atoms with Gasteiger partial charge in [0.25, 0.3) is 0 Å². The Morgan fingerprint density at radius 2 is 2.17 bits per heavy atom. The molecule has 0 unspecified atom stereocenters. The van der Waals surface area contributed by atoms with Crippen LogP contribution in [-0.4, -0.2) is 21.4 Å². The van der Waals surface area contributed by atoms with Crippen LogP contribution in [0.1, 0.15) is 11.3 Å². The van der Waals surface area contributed by atoms with Gasteiger partial charge < -0.3 is 10.5 Å². The Kier molecular flexibility index (Phi) is 3.94. The maximum Gasteiger partial charge on any atom is 0.129 e. The van der Waals surface area contributed by atoms with Gasteiger partial charge in [-0.15, -0.1) is 0 Å². The van der Waals surface area contributed by atoms with Crippen LogP contribution in [0.3, 0.4) is 0 Å². The van der Waals surface area contributed by atoms with Crippen LogP contribution in [0, 0.1) is 6.92 Å². The zero-order chi connectivity index (χ0) is 13.0. The number of benzene rings is 1. The van der Waals surface area contributed by atoms with E-state index in [0.717, 1.165) is 11.3 Å². The monoisotopic (exact) mass is 261 g/mol. The summed E-state index contributed by atoms with van der Waals surface area (Å²) in [5, 5.41) is 4.29. The first-order valence-electron chi connectivity index (χ1n) is 5.68. The first-order valence-corrected chi connectivity index (χ1v) is 6.09. The summed E-state index contributed by atoms with van der Waals surface area (Å²) in [6, 6.07) is 9.47. The quantitative estimate of drug-likeness (QED) is 0.835. The number of nitrogens with zero attached hydrogens (tertiary/aromatic N) is 2. The molecule has 0 amide bonds. The second-order valence-electron chi connectivity index (χ2n) is 3.93. The van der Waals surface area contributed by atoms with Crippen molar-refractivity contribution in [2.45, 2.75) is 13.5 Å². The van der Waals surface area contributed by atoms with E-state index < -0.39 is 0 Å². The maximum atomic E-state index is 5.68. The predicted molar refractivity (Wildman–Crippen MR) is 74.8 cm³/mol. The van der Waals surface area contributed by atoms with Crippen molar-refractivity contribution in [3.8, 4) is 5.75 Å². The topological polar surface area (TPSA) is 53.1 Å². The molecule has 0 atom stereocenters. The molecule has 18 heavy (non-hydrogen) atoms.